The predicted molar refractivity (Wildman–Crippen MR) is 82.6 cm³/mol. The lowest BCUT2D eigenvalue weighted by Gasteiger charge is -2.31. The molecular weight excluding hydrogens is 319 g/mol. The van der Waals surface area contributed by atoms with Crippen LogP contribution >= 0.6 is 0 Å². The van der Waals surface area contributed by atoms with Crippen LogP contribution in [0.25, 0.3) is 0 Å². The van der Waals surface area contributed by atoms with Gasteiger partial charge in [0.05, 0.1) is 4.90 Å². The largest absolute Gasteiger partial charge is 0.253 e. The first kappa shape index (κ1) is 16.1. The van der Waals surface area contributed by atoms with E-state index >= 15 is 0 Å². The molecule has 0 saturated carbocycles. The van der Waals surface area contributed by atoms with Crippen molar-refractivity contribution in [2.24, 2.45) is 5.92 Å². The van der Waals surface area contributed by atoms with E-state index in [9.17, 15) is 12.8 Å². The number of hydrogen-bond acceptors (Lipinski definition) is 4. The lowest BCUT2D eigenvalue weighted by Crippen LogP contribution is -2.41. The summed E-state index contributed by atoms with van der Waals surface area (Å²) >= 11 is 0. The summed E-state index contributed by atoms with van der Waals surface area (Å²) in [6.45, 7) is 3.12. The van der Waals surface area contributed by atoms with Crippen LogP contribution in [-0.4, -0.2) is 40.6 Å². The van der Waals surface area contributed by atoms with Crippen LogP contribution in [0.15, 0.2) is 35.7 Å². The van der Waals surface area contributed by atoms with E-state index in [-0.39, 0.29) is 10.8 Å². The number of nitrogens with zero attached hydrogens (tertiary/aromatic N) is 4. The van der Waals surface area contributed by atoms with E-state index in [4.69, 9.17) is 0 Å². The number of aromatic nitrogens is 3. The molecule has 0 amide bonds. The van der Waals surface area contributed by atoms with Crippen molar-refractivity contribution < 1.29 is 12.8 Å². The Hall–Kier alpha value is -1.80. The molecule has 2 aromatic rings. The van der Waals surface area contributed by atoms with Gasteiger partial charge in [0.25, 0.3) is 0 Å². The Labute approximate surface area is 135 Å². The maximum absolute atomic E-state index is 13.7. The van der Waals surface area contributed by atoms with E-state index in [2.05, 4.69) is 10.1 Å². The van der Waals surface area contributed by atoms with E-state index in [1.165, 1.54) is 22.8 Å². The van der Waals surface area contributed by atoms with Crippen LogP contribution in [0.3, 0.4) is 0 Å². The van der Waals surface area contributed by atoms with Gasteiger partial charge in [-0.3, -0.25) is 4.68 Å². The summed E-state index contributed by atoms with van der Waals surface area (Å²) in [5, 5.41) is 4.07. The molecule has 6 nitrogen and oxygen atoms in total. The molecule has 0 aliphatic carbocycles. The van der Waals surface area contributed by atoms with Gasteiger partial charge in [0.15, 0.2) is 0 Å². The molecule has 23 heavy (non-hydrogen) atoms. The van der Waals surface area contributed by atoms with Crippen molar-refractivity contribution in [2.45, 2.75) is 31.2 Å². The van der Waals surface area contributed by atoms with Crippen LogP contribution < -0.4 is 0 Å². The summed E-state index contributed by atoms with van der Waals surface area (Å²) in [6.07, 6.45) is 4.82. The molecule has 1 aromatic carbocycles. The van der Waals surface area contributed by atoms with Crippen LogP contribution in [0.1, 0.15) is 18.4 Å². The third kappa shape index (κ3) is 3.42. The minimum absolute atomic E-state index is 0.0157. The molecule has 3 rings (SSSR count). The molecule has 0 N–H and O–H groups in total. The monoisotopic (exact) mass is 338 g/mol. The number of sulfonamides is 1. The van der Waals surface area contributed by atoms with Crippen molar-refractivity contribution in [3.8, 4) is 0 Å². The molecule has 0 spiro atoms. The van der Waals surface area contributed by atoms with Gasteiger partial charge in [-0.15, -0.1) is 0 Å². The predicted octanol–water partition coefficient (Wildman–Crippen LogP) is 1.83. The summed E-state index contributed by atoms with van der Waals surface area (Å²) in [5.74, 6) is -0.322. The molecule has 1 aliphatic heterocycles. The van der Waals surface area contributed by atoms with Crippen molar-refractivity contribution in [3.63, 3.8) is 0 Å². The zero-order valence-electron chi connectivity index (χ0n) is 12.9. The highest BCUT2D eigenvalue weighted by molar-refractivity contribution is 7.89. The third-order valence-electron chi connectivity index (χ3n) is 4.17. The van der Waals surface area contributed by atoms with Crippen molar-refractivity contribution in [1.29, 1.82) is 0 Å². The van der Waals surface area contributed by atoms with Crippen molar-refractivity contribution in [3.05, 3.63) is 42.2 Å². The number of piperidine rings is 1. The highest BCUT2D eigenvalue weighted by Gasteiger charge is 2.30. The van der Waals surface area contributed by atoms with Gasteiger partial charge in [0.1, 0.15) is 18.5 Å². The molecule has 1 atom stereocenters. The van der Waals surface area contributed by atoms with Crippen LogP contribution in [0.4, 0.5) is 4.39 Å². The second-order valence-corrected chi connectivity index (χ2v) is 7.84. The fourth-order valence-electron chi connectivity index (χ4n) is 2.87. The van der Waals surface area contributed by atoms with Gasteiger partial charge in [0.2, 0.25) is 10.0 Å². The van der Waals surface area contributed by atoms with Crippen molar-refractivity contribution in [2.75, 3.05) is 13.1 Å². The highest BCUT2D eigenvalue weighted by Crippen LogP contribution is 2.25. The summed E-state index contributed by atoms with van der Waals surface area (Å²) in [6, 6.07) is 4.07. The fraction of sp³-hybridized carbons (Fsp3) is 0.467. The van der Waals surface area contributed by atoms with E-state index in [0.717, 1.165) is 18.9 Å². The summed E-state index contributed by atoms with van der Waals surface area (Å²) in [5.41, 5.74) is 0.437. The molecule has 1 fully saturated rings. The van der Waals surface area contributed by atoms with Gasteiger partial charge < -0.3 is 0 Å². The van der Waals surface area contributed by atoms with Gasteiger partial charge in [0, 0.05) is 19.6 Å². The minimum atomic E-state index is -3.67. The second kappa shape index (κ2) is 6.37. The molecule has 124 valence electrons. The summed E-state index contributed by atoms with van der Waals surface area (Å²) < 4.78 is 42.3. The maximum atomic E-state index is 13.7. The normalized spacial score (nSPS) is 19.8. The lowest BCUT2D eigenvalue weighted by molar-refractivity contribution is 0.239. The molecule has 0 bridgehead atoms. The van der Waals surface area contributed by atoms with Gasteiger partial charge in [-0.1, -0.05) is 6.07 Å². The Balaban J connectivity index is 1.77. The average molecular weight is 338 g/mol. The maximum Gasteiger partial charge on any atom is 0.243 e. The van der Waals surface area contributed by atoms with Gasteiger partial charge in [-0.2, -0.15) is 9.40 Å². The summed E-state index contributed by atoms with van der Waals surface area (Å²) in [7, 11) is -3.67. The van der Waals surface area contributed by atoms with E-state index in [0.29, 0.717) is 25.2 Å². The summed E-state index contributed by atoms with van der Waals surface area (Å²) in [4.78, 5) is 3.92. The molecule has 1 aromatic heterocycles. The number of halogens is 1. The van der Waals surface area contributed by atoms with Crippen LogP contribution in [-0.2, 0) is 16.6 Å². The van der Waals surface area contributed by atoms with E-state index in [1.807, 2.05) is 0 Å². The van der Waals surface area contributed by atoms with Crippen molar-refractivity contribution >= 4 is 10.0 Å². The molecular formula is C15H19FN4O2S. The van der Waals surface area contributed by atoms with Gasteiger partial charge in [-0.25, -0.2) is 17.8 Å². The molecule has 1 saturated heterocycles. The van der Waals surface area contributed by atoms with Gasteiger partial charge >= 0.3 is 0 Å². The minimum Gasteiger partial charge on any atom is -0.253 e. The standard InChI is InChI=1S/C15H19FN4O2S/c1-12-4-5-14(7-15(12)16)23(21,22)20-6-2-3-13(9-20)8-19-11-17-10-18-19/h4-5,7,10-11,13H,2-3,6,8-9H2,1H3/t13-/m1/s1. The fourth-order valence-corrected chi connectivity index (χ4v) is 4.44. The first-order chi connectivity index (χ1) is 11.0. The van der Waals surface area contributed by atoms with Gasteiger partial charge in [-0.05, 0) is 43.4 Å². The smallest absolute Gasteiger partial charge is 0.243 e. The quantitative estimate of drug-likeness (QED) is 0.853. The number of benzene rings is 1. The molecule has 0 radical (unpaired) electrons. The Bertz CT molecular complexity index is 777. The Morgan fingerprint density at radius 1 is 1.39 bits per heavy atom. The first-order valence-corrected chi connectivity index (χ1v) is 8.99. The number of hydrogen-bond donors (Lipinski definition) is 0. The Kier molecular flexibility index (Phi) is 4.45. The Morgan fingerprint density at radius 2 is 2.22 bits per heavy atom. The molecule has 8 heteroatoms. The highest BCUT2D eigenvalue weighted by atomic mass is 32.2. The van der Waals surface area contributed by atoms with Crippen LogP contribution in [0.2, 0.25) is 0 Å². The Morgan fingerprint density at radius 3 is 2.91 bits per heavy atom. The topological polar surface area (TPSA) is 68.1 Å². The average Bonchev–Trinajstić information content (AvgIpc) is 3.03. The van der Waals surface area contributed by atoms with E-state index in [1.54, 1.807) is 17.9 Å². The number of rotatable bonds is 4. The SMILES string of the molecule is Cc1ccc(S(=O)(=O)N2CCC[C@H](Cn3cncn3)C2)cc1F. The lowest BCUT2D eigenvalue weighted by atomic mass is 10.00. The molecule has 0 unspecified atom stereocenters. The van der Waals surface area contributed by atoms with Crippen molar-refractivity contribution in [1.82, 2.24) is 19.1 Å². The zero-order chi connectivity index (χ0) is 16.4. The van der Waals surface area contributed by atoms with E-state index < -0.39 is 15.8 Å². The molecule has 2 heterocycles. The van der Waals surface area contributed by atoms with Crippen LogP contribution in [0.5, 0.6) is 0 Å². The number of aryl methyl sites for hydroxylation is 1. The zero-order valence-corrected chi connectivity index (χ0v) is 13.7. The third-order valence-corrected chi connectivity index (χ3v) is 6.04. The second-order valence-electron chi connectivity index (χ2n) is 5.90. The first-order valence-electron chi connectivity index (χ1n) is 7.55. The van der Waals surface area contributed by atoms with Crippen LogP contribution in [0, 0.1) is 18.7 Å². The molecule has 1 aliphatic rings.